The molecule has 0 saturated heterocycles. The molecule has 84 valence electrons. The van der Waals surface area contributed by atoms with Gasteiger partial charge >= 0.3 is 5.97 Å². The van der Waals surface area contributed by atoms with Gasteiger partial charge in [0.05, 0.1) is 11.4 Å². The van der Waals surface area contributed by atoms with Crippen molar-refractivity contribution in [2.75, 3.05) is 5.88 Å². The molecular formula is C14H9ClO2. The molecule has 0 atom stereocenters. The molecule has 0 aromatic heterocycles. The molecule has 0 amide bonds. The first-order valence-electron chi connectivity index (χ1n) is 5.04. The highest BCUT2D eigenvalue weighted by Crippen LogP contribution is 2.22. The van der Waals surface area contributed by atoms with Crippen molar-refractivity contribution in [3.63, 3.8) is 0 Å². The van der Waals surface area contributed by atoms with Crippen molar-refractivity contribution in [2.24, 2.45) is 0 Å². The molecular weight excluding hydrogens is 236 g/mol. The van der Waals surface area contributed by atoms with Crippen LogP contribution in [0, 0.1) is 11.8 Å². The van der Waals surface area contributed by atoms with Crippen molar-refractivity contribution in [1.29, 1.82) is 0 Å². The molecule has 1 N–H and O–H groups in total. The normalized spacial score (nSPS) is 9.71. The average Bonchev–Trinajstić information content (AvgIpc) is 2.35. The summed E-state index contributed by atoms with van der Waals surface area (Å²) in [7, 11) is 0. The number of halogens is 1. The maximum atomic E-state index is 11.1. The van der Waals surface area contributed by atoms with Gasteiger partial charge in [0.1, 0.15) is 0 Å². The van der Waals surface area contributed by atoms with Crippen LogP contribution in [0.4, 0.5) is 0 Å². The van der Waals surface area contributed by atoms with Crippen LogP contribution in [0.15, 0.2) is 36.4 Å². The van der Waals surface area contributed by atoms with Crippen LogP contribution in [0.25, 0.3) is 10.8 Å². The number of carbonyl (C=O) groups is 1. The molecule has 17 heavy (non-hydrogen) atoms. The first-order valence-corrected chi connectivity index (χ1v) is 5.57. The Hall–Kier alpha value is -1.98. The molecule has 0 aliphatic rings. The lowest BCUT2D eigenvalue weighted by Gasteiger charge is -2.03. The van der Waals surface area contributed by atoms with Gasteiger partial charge in [0.15, 0.2) is 0 Å². The number of alkyl halides is 1. The molecule has 0 fully saturated rings. The Labute approximate surface area is 104 Å². The first-order chi connectivity index (χ1) is 8.24. The highest BCUT2D eigenvalue weighted by Gasteiger charge is 2.08. The first kappa shape index (κ1) is 11.5. The third-order valence-electron chi connectivity index (χ3n) is 2.44. The minimum atomic E-state index is -0.932. The molecule has 0 unspecified atom stereocenters. The quantitative estimate of drug-likeness (QED) is 0.618. The number of carboxylic acid groups (broad SMARTS) is 1. The molecule has 0 bridgehead atoms. The number of fused-ring (bicyclic) bond motifs is 1. The van der Waals surface area contributed by atoms with Crippen molar-refractivity contribution in [3.8, 4) is 11.8 Å². The van der Waals surface area contributed by atoms with Crippen LogP contribution in [-0.2, 0) is 0 Å². The summed E-state index contributed by atoms with van der Waals surface area (Å²) in [4.78, 5) is 11.1. The Morgan fingerprint density at radius 2 is 1.88 bits per heavy atom. The van der Waals surface area contributed by atoms with E-state index in [2.05, 4.69) is 11.8 Å². The van der Waals surface area contributed by atoms with Crippen LogP contribution in [0.5, 0.6) is 0 Å². The molecule has 3 heteroatoms. The Bertz CT molecular complexity index is 635. The summed E-state index contributed by atoms with van der Waals surface area (Å²) >= 11 is 5.52. The summed E-state index contributed by atoms with van der Waals surface area (Å²) < 4.78 is 0. The monoisotopic (exact) mass is 244 g/mol. The maximum Gasteiger partial charge on any atom is 0.336 e. The van der Waals surface area contributed by atoms with Crippen LogP contribution in [0.3, 0.4) is 0 Å². The predicted octanol–water partition coefficient (Wildman–Crippen LogP) is 3.13. The summed E-state index contributed by atoms with van der Waals surface area (Å²) in [6.45, 7) is 0. The van der Waals surface area contributed by atoms with Gasteiger partial charge in [-0.15, -0.1) is 11.6 Å². The fraction of sp³-hybridized carbons (Fsp3) is 0.0714. The zero-order valence-corrected chi connectivity index (χ0v) is 9.66. The van der Waals surface area contributed by atoms with E-state index in [-0.39, 0.29) is 11.4 Å². The van der Waals surface area contributed by atoms with E-state index in [0.29, 0.717) is 5.39 Å². The maximum absolute atomic E-state index is 11.1. The van der Waals surface area contributed by atoms with Crippen LogP contribution in [0.2, 0.25) is 0 Å². The Morgan fingerprint density at radius 3 is 2.59 bits per heavy atom. The van der Waals surface area contributed by atoms with Crippen LogP contribution < -0.4 is 0 Å². The van der Waals surface area contributed by atoms with E-state index < -0.39 is 5.97 Å². The van der Waals surface area contributed by atoms with Gasteiger partial charge in [-0.25, -0.2) is 4.79 Å². The fourth-order valence-corrected chi connectivity index (χ4v) is 1.80. The summed E-state index contributed by atoms with van der Waals surface area (Å²) in [6, 6.07) is 10.6. The standard InChI is InChI=1S/C14H9ClO2/c15-9-3-5-10-4-1-7-12-11(10)6-2-8-13(12)14(16)17/h1-2,4,6-8H,9H2,(H,16,17). The Kier molecular flexibility index (Phi) is 3.32. The van der Waals surface area contributed by atoms with Gasteiger partial charge in [0.2, 0.25) is 0 Å². The van der Waals surface area contributed by atoms with Crippen molar-refractivity contribution in [2.45, 2.75) is 0 Å². The van der Waals surface area contributed by atoms with Crippen molar-refractivity contribution >= 4 is 28.3 Å². The SMILES string of the molecule is O=C(O)c1cccc2c(C#CCCl)cccc12. The number of aromatic carboxylic acids is 1. The molecule has 0 spiro atoms. The third kappa shape index (κ3) is 2.25. The van der Waals surface area contributed by atoms with Gasteiger partial charge in [-0.2, -0.15) is 0 Å². The van der Waals surface area contributed by atoms with Crippen LogP contribution in [0.1, 0.15) is 15.9 Å². The third-order valence-corrected chi connectivity index (χ3v) is 2.58. The minimum Gasteiger partial charge on any atom is -0.478 e. The predicted molar refractivity (Wildman–Crippen MR) is 68.5 cm³/mol. The topological polar surface area (TPSA) is 37.3 Å². The molecule has 2 aromatic rings. The summed E-state index contributed by atoms with van der Waals surface area (Å²) in [5, 5.41) is 10.6. The molecule has 2 aromatic carbocycles. The van der Waals surface area contributed by atoms with Gasteiger partial charge in [-0.1, -0.05) is 36.1 Å². The average molecular weight is 245 g/mol. The molecule has 0 radical (unpaired) electrons. The number of rotatable bonds is 1. The van der Waals surface area contributed by atoms with Crippen molar-refractivity contribution in [1.82, 2.24) is 0 Å². The van der Waals surface area contributed by atoms with E-state index in [1.807, 2.05) is 12.1 Å². The van der Waals surface area contributed by atoms with E-state index in [9.17, 15) is 4.79 Å². The zero-order chi connectivity index (χ0) is 12.3. The fourth-order valence-electron chi connectivity index (χ4n) is 1.73. The molecule has 2 nitrogen and oxygen atoms in total. The van der Waals surface area contributed by atoms with Gasteiger partial charge in [-0.3, -0.25) is 0 Å². The molecule has 0 aliphatic heterocycles. The lowest BCUT2D eigenvalue weighted by molar-refractivity contribution is 0.0699. The van der Waals surface area contributed by atoms with E-state index in [1.165, 1.54) is 0 Å². The Morgan fingerprint density at radius 1 is 1.18 bits per heavy atom. The lowest BCUT2D eigenvalue weighted by atomic mass is 10.0. The second-order valence-corrected chi connectivity index (χ2v) is 3.71. The second kappa shape index (κ2) is 4.90. The lowest BCUT2D eigenvalue weighted by Crippen LogP contribution is -1.97. The van der Waals surface area contributed by atoms with Crippen LogP contribution in [-0.4, -0.2) is 17.0 Å². The molecule has 0 aliphatic carbocycles. The van der Waals surface area contributed by atoms with E-state index in [1.54, 1.807) is 24.3 Å². The van der Waals surface area contributed by atoms with Gasteiger partial charge in [0.25, 0.3) is 0 Å². The number of carboxylic acids is 1. The van der Waals surface area contributed by atoms with Crippen molar-refractivity contribution in [3.05, 3.63) is 47.5 Å². The summed E-state index contributed by atoms with van der Waals surface area (Å²) in [5.74, 6) is 5.03. The molecule has 2 rings (SSSR count). The second-order valence-electron chi connectivity index (χ2n) is 3.45. The van der Waals surface area contributed by atoms with E-state index >= 15 is 0 Å². The van der Waals surface area contributed by atoms with Crippen LogP contribution >= 0.6 is 11.6 Å². The molecule has 0 saturated carbocycles. The molecule has 0 heterocycles. The zero-order valence-electron chi connectivity index (χ0n) is 8.90. The van der Waals surface area contributed by atoms with E-state index in [4.69, 9.17) is 16.7 Å². The Balaban J connectivity index is 2.74. The number of hydrogen-bond donors (Lipinski definition) is 1. The smallest absolute Gasteiger partial charge is 0.336 e. The number of hydrogen-bond acceptors (Lipinski definition) is 1. The van der Waals surface area contributed by atoms with E-state index in [0.717, 1.165) is 10.9 Å². The summed E-state index contributed by atoms with van der Waals surface area (Å²) in [5.41, 5.74) is 1.09. The largest absolute Gasteiger partial charge is 0.478 e. The highest BCUT2D eigenvalue weighted by atomic mass is 35.5. The minimum absolute atomic E-state index is 0.259. The highest BCUT2D eigenvalue weighted by molar-refractivity contribution is 6.19. The van der Waals surface area contributed by atoms with Gasteiger partial charge in [-0.05, 0) is 22.9 Å². The van der Waals surface area contributed by atoms with Crippen molar-refractivity contribution < 1.29 is 9.90 Å². The number of benzene rings is 2. The van der Waals surface area contributed by atoms with Gasteiger partial charge in [0, 0.05) is 5.56 Å². The summed E-state index contributed by atoms with van der Waals surface area (Å²) in [6.07, 6.45) is 0. The van der Waals surface area contributed by atoms with Gasteiger partial charge < -0.3 is 5.11 Å².